The van der Waals surface area contributed by atoms with Gasteiger partial charge in [0, 0.05) is 37.0 Å². The minimum Gasteiger partial charge on any atom is -0.338 e. The van der Waals surface area contributed by atoms with Crippen molar-refractivity contribution in [3.8, 4) is 0 Å². The Morgan fingerprint density at radius 1 is 1.35 bits per heavy atom. The van der Waals surface area contributed by atoms with Crippen molar-refractivity contribution in [2.45, 2.75) is 25.3 Å². The summed E-state index contributed by atoms with van der Waals surface area (Å²) in [6.07, 6.45) is 4.91. The third kappa shape index (κ3) is 2.74. The van der Waals surface area contributed by atoms with Gasteiger partial charge in [0.25, 0.3) is 5.91 Å². The molecule has 3 atom stereocenters. The van der Waals surface area contributed by atoms with E-state index in [9.17, 15) is 9.59 Å². The van der Waals surface area contributed by atoms with Gasteiger partial charge in [0.2, 0.25) is 5.56 Å². The molecule has 1 aromatic rings. The van der Waals surface area contributed by atoms with Crippen LogP contribution in [-0.4, -0.2) is 34.9 Å². The van der Waals surface area contributed by atoms with E-state index in [0.29, 0.717) is 17.4 Å². The lowest BCUT2D eigenvalue weighted by molar-refractivity contribution is 0.0783. The largest absolute Gasteiger partial charge is 0.338 e. The molecule has 1 amide bonds. The topological polar surface area (TPSA) is 79.2 Å². The number of nitrogens with zero attached hydrogens (tertiary/aromatic N) is 1. The highest BCUT2D eigenvalue weighted by Crippen LogP contribution is 2.35. The van der Waals surface area contributed by atoms with E-state index in [1.54, 1.807) is 6.07 Å². The molecule has 0 spiro atoms. The van der Waals surface area contributed by atoms with Crippen molar-refractivity contribution in [1.82, 2.24) is 9.88 Å². The third-order valence-electron chi connectivity index (χ3n) is 4.46. The van der Waals surface area contributed by atoms with Gasteiger partial charge in [-0.2, -0.15) is 0 Å². The first-order valence-corrected chi connectivity index (χ1v) is 6.89. The lowest BCUT2D eigenvalue weighted by Gasteiger charge is -2.29. The summed E-state index contributed by atoms with van der Waals surface area (Å²) >= 11 is 0. The van der Waals surface area contributed by atoms with Crippen molar-refractivity contribution in [3.63, 3.8) is 0 Å². The highest BCUT2D eigenvalue weighted by Gasteiger charge is 2.40. The van der Waals surface area contributed by atoms with Crippen LogP contribution in [0.15, 0.2) is 23.1 Å². The molecule has 6 heteroatoms. The van der Waals surface area contributed by atoms with Crippen molar-refractivity contribution in [2.75, 3.05) is 13.1 Å². The van der Waals surface area contributed by atoms with Crippen LogP contribution in [0.5, 0.6) is 0 Å². The molecule has 3 rings (SSSR count). The molecule has 2 heterocycles. The van der Waals surface area contributed by atoms with Crippen LogP contribution in [0, 0.1) is 11.8 Å². The van der Waals surface area contributed by atoms with Crippen LogP contribution >= 0.6 is 12.4 Å². The monoisotopic (exact) mass is 297 g/mol. The maximum absolute atomic E-state index is 12.4. The first-order valence-electron chi connectivity index (χ1n) is 6.89. The molecule has 0 radical (unpaired) electrons. The van der Waals surface area contributed by atoms with Gasteiger partial charge in [-0.15, -0.1) is 12.4 Å². The highest BCUT2D eigenvalue weighted by molar-refractivity contribution is 5.94. The Kier molecular flexibility index (Phi) is 4.50. The Balaban J connectivity index is 0.00000147. The smallest absolute Gasteiger partial charge is 0.254 e. The van der Waals surface area contributed by atoms with Gasteiger partial charge in [-0.25, -0.2) is 0 Å². The van der Waals surface area contributed by atoms with Gasteiger partial charge in [0.15, 0.2) is 0 Å². The minimum absolute atomic E-state index is 0. The van der Waals surface area contributed by atoms with Gasteiger partial charge < -0.3 is 15.6 Å². The van der Waals surface area contributed by atoms with E-state index in [1.807, 2.05) is 4.90 Å². The number of H-pyrrole nitrogens is 1. The predicted octanol–water partition coefficient (Wildman–Crippen LogP) is 0.996. The van der Waals surface area contributed by atoms with Crippen LogP contribution in [-0.2, 0) is 0 Å². The maximum Gasteiger partial charge on any atom is 0.254 e. The summed E-state index contributed by atoms with van der Waals surface area (Å²) < 4.78 is 0. The van der Waals surface area contributed by atoms with E-state index in [4.69, 9.17) is 5.73 Å². The van der Waals surface area contributed by atoms with Gasteiger partial charge >= 0.3 is 0 Å². The summed E-state index contributed by atoms with van der Waals surface area (Å²) in [6.45, 7) is 1.52. The fraction of sp³-hybridized carbons (Fsp3) is 0.571. The van der Waals surface area contributed by atoms with Gasteiger partial charge in [-0.3, -0.25) is 9.59 Å². The number of nitrogens with one attached hydrogen (secondary N) is 1. The fourth-order valence-corrected chi connectivity index (χ4v) is 3.44. The average Bonchev–Trinajstić information content (AvgIpc) is 2.83. The Labute approximate surface area is 123 Å². The third-order valence-corrected chi connectivity index (χ3v) is 4.46. The molecule has 1 saturated carbocycles. The van der Waals surface area contributed by atoms with Crippen molar-refractivity contribution < 1.29 is 4.79 Å². The molecule has 0 bridgehead atoms. The van der Waals surface area contributed by atoms with E-state index in [-0.39, 0.29) is 29.9 Å². The number of hydrogen-bond acceptors (Lipinski definition) is 3. The number of rotatable bonds is 1. The molecule has 1 aliphatic carbocycles. The molecule has 1 saturated heterocycles. The molecular formula is C14H20ClN3O2. The molecule has 3 N–H and O–H groups in total. The standard InChI is InChI=1S/C14H19N3O2.ClH/c15-12-3-1-2-10-7-17(8-11(10)12)14(19)9-4-5-16-13(18)6-9;/h4-6,10-12H,1-3,7-8,15H2,(H,16,18);1H. The lowest BCUT2D eigenvalue weighted by atomic mass is 9.78. The Morgan fingerprint density at radius 2 is 2.15 bits per heavy atom. The number of pyridine rings is 1. The molecule has 2 fully saturated rings. The second-order valence-electron chi connectivity index (χ2n) is 5.67. The zero-order valence-electron chi connectivity index (χ0n) is 11.2. The van der Waals surface area contributed by atoms with Crippen LogP contribution in [0.1, 0.15) is 29.6 Å². The molecule has 3 unspecified atom stereocenters. The highest BCUT2D eigenvalue weighted by atomic mass is 35.5. The average molecular weight is 298 g/mol. The molecule has 1 aliphatic heterocycles. The summed E-state index contributed by atoms with van der Waals surface area (Å²) in [5.41, 5.74) is 6.38. The lowest BCUT2D eigenvalue weighted by Crippen LogP contribution is -2.38. The summed E-state index contributed by atoms with van der Waals surface area (Å²) in [7, 11) is 0. The number of aromatic nitrogens is 1. The van der Waals surface area contributed by atoms with Crippen LogP contribution in [0.3, 0.4) is 0 Å². The number of fused-ring (bicyclic) bond motifs is 1. The summed E-state index contributed by atoms with van der Waals surface area (Å²) in [5, 5.41) is 0. The van der Waals surface area contributed by atoms with Crippen molar-refractivity contribution in [2.24, 2.45) is 17.6 Å². The molecule has 0 aromatic carbocycles. The number of carbonyl (C=O) groups excluding carboxylic acids is 1. The number of amides is 1. The van der Waals surface area contributed by atoms with E-state index < -0.39 is 0 Å². The van der Waals surface area contributed by atoms with Crippen LogP contribution < -0.4 is 11.3 Å². The van der Waals surface area contributed by atoms with Crippen molar-refractivity contribution in [1.29, 1.82) is 0 Å². The SMILES string of the molecule is Cl.NC1CCCC2CN(C(=O)c3cc[nH]c(=O)c3)CC12. The molecule has 2 aliphatic rings. The number of hydrogen-bond donors (Lipinski definition) is 2. The fourth-order valence-electron chi connectivity index (χ4n) is 3.44. The zero-order valence-corrected chi connectivity index (χ0v) is 12.1. The predicted molar refractivity (Wildman–Crippen MR) is 79.0 cm³/mol. The quantitative estimate of drug-likeness (QED) is 0.811. The maximum atomic E-state index is 12.4. The van der Waals surface area contributed by atoms with Crippen LogP contribution in [0.25, 0.3) is 0 Å². The van der Waals surface area contributed by atoms with Crippen molar-refractivity contribution in [3.05, 3.63) is 34.2 Å². The van der Waals surface area contributed by atoms with Crippen molar-refractivity contribution >= 4 is 18.3 Å². The summed E-state index contributed by atoms with van der Waals surface area (Å²) in [5.74, 6) is 0.919. The summed E-state index contributed by atoms with van der Waals surface area (Å²) in [4.78, 5) is 28.0. The summed E-state index contributed by atoms with van der Waals surface area (Å²) in [6, 6.07) is 3.24. The normalized spacial score (nSPS) is 28.6. The van der Waals surface area contributed by atoms with E-state index >= 15 is 0 Å². The zero-order chi connectivity index (χ0) is 13.4. The first-order chi connectivity index (χ1) is 9.15. The van der Waals surface area contributed by atoms with E-state index in [2.05, 4.69) is 4.98 Å². The first kappa shape index (κ1) is 15.1. The number of likely N-dealkylation sites (tertiary alicyclic amines) is 1. The van der Waals surface area contributed by atoms with Gasteiger partial charge in [0.05, 0.1) is 0 Å². The Morgan fingerprint density at radius 3 is 2.85 bits per heavy atom. The second kappa shape index (κ2) is 5.97. The second-order valence-corrected chi connectivity index (χ2v) is 5.67. The molecule has 110 valence electrons. The molecule has 1 aromatic heterocycles. The molecular weight excluding hydrogens is 278 g/mol. The molecule has 20 heavy (non-hydrogen) atoms. The minimum atomic E-state index is -0.237. The Hall–Kier alpha value is -1.33. The molecule has 5 nitrogen and oxygen atoms in total. The van der Waals surface area contributed by atoms with Gasteiger partial charge in [-0.05, 0) is 30.7 Å². The van der Waals surface area contributed by atoms with E-state index in [1.165, 1.54) is 12.3 Å². The number of halogens is 1. The number of aromatic amines is 1. The number of carbonyl (C=O) groups is 1. The Bertz CT molecular complexity index is 545. The van der Waals surface area contributed by atoms with E-state index in [0.717, 1.165) is 32.4 Å². The van der Waals surface area contributed by atoms with Crippen LogP contribution in [0.2, 0.25) is 0 Å². The van der Waals surface area contributed by atoms with Crippen LogP contribution in [0.4, 0.5) is 0 Å². The van der Waals surface area contributed by atoms with Gasteiger partial charge in [-0.1, -0.05) is 6.42 Å². The number of nitrogens with two attached hydrogens (primary N) is 1. The van der Waals surface area contributed by atoms with Gasteiger partial charge in [0.1, 0.15) is 0 Å².